The maximum atomic E-state index is 14.2. The summed E-state index contributed by atoms with van der Waals surface area (Å²) < 4.78 is 46.6. The normalized spacial score (nSPS) is 16.6. The predicted molar refractivity (Wildman–Crippen MR) is 188 cm³/mol. The van der Waals surface area contributed by atoms with E-state index >= 15 is 0 Å². The third-order valence-electron chi connectivity index (χ3n) is 8.88. The standard InChI is InChI=1S/C39H46N2O6S/c1-45-37-25-24-35(27-38(37)46-2)48(43,44)41-28-34(47-29-32-18-10-5-11-19-32)26-36(41)39(42)40-33(22-12-20-30-14-6-3-7-15-30)23-13-21-31-16-8-4-9-17-31/h3-11,14-19,24-25,27,33-34,36H,12-13,20-23,26,28-29H2,1-2H3,(H,40,42)/t34-,36?/m1/s1. The van der Waals surface area contributed by atoms with E-state index in [0.29, 0.717) is 18.1 Å². The van der Waals surface area contributed by atoms with Gasteiger partial charge in [0.1, 0.15) is 6.04 Å². The molecule has 4 aromatic rings. The van der Waals surface area contributed by atoms with Crippen LogP contribution in [0.15, 0.2) is 114 Å². The van der Waals surface area contributed by atoms with Gasteiger partial charge in [-0.1, -0.05) is 91.0 Å². The molecule has 5 rings (SSSR count). The highest BCUT2D eigenvalue weighted by atomic mass is 32.2. The van der Waals surface area contributed by atoms with Crippen molar-refractivity contribution in [3.8, 4) is 11.5 Å². The van der Waals surface area contributed by atoms with Crippen molar-refractivity contribution in [2.45, 2.75) is 74.6 Å². The van der Waals surface area contributed by atoms with E-state index in [1.165, 1.54) is 41.8 Å². The smallest absolute Gasteiger partial charge is 0.244 e. The number of hydrogen-bond acceptors (Lipinski definition) is 6. The van der Waals surface area contributed by atoms with Gasteiger partial charge >= 0.3 is 0 Å². The third kappa shape index (κ3) is 9.46. The zero-order valence-electron chi connectivity index (χ0n) is 27.8. The van der Waals surface area contributed by atoms with Crippen molar-refractivity contribution < 1.29 is 27.4 Å². The fourth-order valence-electron chi connectivity index (χ4n) is 6.27. The summed E-state index contributed by atoms with van der Waals surface area (Å²) in [5, 5.41) is 3.27. The number of sulfonamides is 1. The summed E-state index contributed by atoms with van der Waals surface area (Å²) in [6, 6.07) is 33.9. The number of nitrogens with one attached hydrogen (secondary N) is 1. The molecule has 1 amide bonds. The van der Waals surface area contributed by atoms with Gasteiger partial charge in [0.2, 0.25) is 15.9 Å². The second-order valence-electron chi connectivity index (χ2n) is 12.2. The van der Waals surface area contributed by atoms with Crippen LogP contribution in [0, 0.1) is 0 Å². The van der Waals surface area contributed by atoms with Crippen molar-refractivity contribution >= 4 is 15.9 Å². The van der Waals surface area contributed by atoms with Crippen LogP contribution in [-0.2, 0) is 39.0 Å². The van der Waals surface area contributed by atoms with E-state index in [0.717, 1.165) is 44.1 Å². The van der Waals surface area contributed by atoms with E-state index in [1.807, 2.05) is 66.7 Å². The molecule has 1 saturated heterocycles. The minimum atomic E-state index is -4.09. The molecule has 4 aromatic carbocycles. The van der Waals surface area contributed by atoms with Crippen molar-refractivity contribution in [2.24, 2.45) is 0 Å². The summed E-state index contributed by atoms with van der Waals surface area (Å²) in [4.78, 5) is 14.2. The lowest BCUT2D eigenvalue weighted by atomic mass is 9.98. The molecular formula is C39H46N2O6S. The highest BCUT2D eigenvalue weighted by Gasteiger charge is 2.45. The topological polar surface area (TPSA) is 94.2 Å². The molecule has 1 N–H and O–H groups in total. The fourth-order valence-corrected chi connectivity index (χ4v) is 7.92. The molecule has 1 aliphatic rings. The van der Waals surface area contributed by atoms with E-state index in [2.05, 4.69) is 29.6 Å². The number of carbonyl (C=O) groups excluding carboxylic acids is 1. The van der Waals surface area contributed by atoms with Crippen LogP contribution < -0.4 is 14.8 Å². The molecule has 2 atom stereocenters. The monoisotopic (exact) mass is 670 g/mol. The maximum Gasteiger partial charge on any atom is 0.244 e. The van der Waals surface area contributed by atoms with Gasteiger partial charge in [-0.25, -0.2) is 8.42 Å². The van der Waals surface area contributed by atoms with Crippen LogP contribution in [0.5, 0.6) is 11.5 Å². The molecule has 8 nitrogen and oxygen atoms in total. The van der Waals surface area contributed by atoms with E-state index in [4.69, 9.17) is 14.2 Å². The largest absolute Gasteiger partial charge is 0.493 e. The summed E-state index contributed by atoms with van der Waals surface area (Å²) >= 11 is 0. The van der Waals surface area contributed by atoms with Gasteiger partial charge < -0.3 is 19.5 Å². The lowest BCUT2D eigenvalue weighted by molar-refractivity contribution is -0.125. The molecule has 0 aromatic heterocycles. The number of ether oxygens (including phenoxy) is 3. The predicted octanol–water partition coefficient (Wildman–Crippen LogP) is 6.58. The van der Waals surface area contributed by atoms with Crippen molar-refractivity contribution in [3.05, 3.63) is 126 Å². The molecule has 1 aliphatic heterocycles. The van der Waals surface area contributed by atoms with E-state index < -0.39 is 22.2 Å². The molecular weight excluding hydrogens is 625 g/mol. The van der Waals surface area contributed by atoms with Gasteiger partial charge in [-0.3, -0.25) is 4.79 Å². The van der Waals surface area contributed by atoms with E-state index in [-0.39, 0.29) is 29.8 Å². The zero-order valence-corrected chi connectivity index (χ0v) is 28.6. The summed E-state index contributed by atoms with van der Waals surface area (Å²) in [5.41, 5.74) is 3.50. The lowest BCUT2D eigenvalue weighted by Crippen LogP contribution is -2.48. The maximum absolute atomic E-state index is 14.2. The van der Waals surface area contributed by atoms with Gasteiger partial charge in [-0.05, 0) is 67.3 Å². The first-order chi connectivity index (χ1) is 23.4. The molecule has 0 spiro atoms. The Morgan fingerprint density at radius 3 is 1.85 bits per heavy atom. The minimum absolute atomic E-state index is 0.0314. The summed E-state index contributed by atoms with van der Waals surface area (Å²) in [5.74, 6) is 0.423. The summed E-state index contributed by atoms with van der Waals surface area (Å²) in [6.45, 7) is 0.389. The van der Waals surface area contributed by atoms with Gasteiger partial charge in [0, 0.05) is 25.1 Å². The number of amides is 1. The molecule has 48 heavy (non-hydrogen) atoms. The molecule has 9 heteroatoms. The van der Waals surface area contributed by atoms with Crippen molar-refractivity contribution in [2.75, 3.05) is 20.8 Å². The van der Waals surface area contributed by atoms with Crippen molar-refractivity contribution in [3.63, 3.8) is 0 Å². The van der Waals surface area contributed by atoms with Gasteiger partial charge in [-0.2, -0.15) is 4.31 Å². The van der Waals surface area contributed by atoms with Crippen molar-refractivity contribution in [1.29, 1.82) is 0 Å². The molecule has 1 heterocycles. The average molecular weight is 671 g/mol. The third-order valence-corrected chi connectivity index (χ3v) is 10.7. The molecule has 1 fully saturated rings. The number of nitrogens with zero attached hydrogens (tertiary/aromatic N) is 1. The highest BCUT2D eigenvalue weighted by molar-refractivity contribution is 7.89. The number of benzene rings is 4. The lowest BCUT2D eigenvalue weighted by Gasteiger charge is -2.26. The number of carbonyl (C=O) groups is 1. The van der Waals surface area contributed by atoms with E-state index in [9.17, 15) is 13.2 Å². The Kier molecular flexibility index (Phi) is 12.7. The molecule has 0 aliphatic carbocycles. The Balaban J connectivity index is 1.34. The second-order valence-corrected chi connectivity index (χ2v) is 14.1. The fraction of sp³-hybridized carbons (Fsp3) is 0.359. The van der Waals surface area contributed by atoms with Crippen LogP contribution >= 0.6 is 0 Å². The Morgan fingerprint density at radius 1 is 0.771 bits per heavy atom. The van der Waals surface area contributed by atoms with Gasteiger partial charge in [0.25, 0.3) is 0 Å². The molecule has 254 valence electrons. The summed E-state index contributed by atoms with van der Waals surface area (Å²) in [7, 11) is -1.13. The Bertz CT molecular complexity index is 1640. The SMILES string of the molecule is COc1ccc(S(=O)(=O)N2C[C@H](OCc3ccccc3)CC2C(=O)NC(CCCc2ccccc2)CCCc2ccccc2)cc1OC. The Hall–Kier alpha value is -4.18. The second kappa shape index (κ2) is 17.3. The Morgan fingerprint density at radius 2 is 1.31 bits per heavy atom. The van der Waals surface area contributed by atoms with Gasteiger partial charge in [0.05, 0.1) is 31.8 Å². The molecule has 0 saturated carbocycles. The van der Waals surface area contributed by atoms with Crippen LogP contribution in [0.2, 0.25) is 0 Å². The molecule has 0 bridgehead atoms. The van der Waals surface area contributed by atoms with Crippen LogP contribution in [0.4, 0.5) is 0 Å². The van der Waals surface area contributed by atoms with Crippen LogP contribution in [0.1, 0.15) is 48.8 Å². The van der Waals surface area contributed by atoms with E-state index in [1.54, 1.807) is 6.07 Å². The van der Waals surface area contributed by atoms with Crippen molar-refractivity contribution in [1.82, 2.24) is 9.62 Å². The average Bonchev–Trinajstić information content (AvgIpc) is 3.57. The minimum Gasteiger partial charge on any atom is -0.493 e. The quantitative estimate of drug-likeness (QED) is 0.136. The zero-order chi connectivity index (χ0) is 33.8. The molecule has 1 unspecified atom stereocenters. The first kappa shape index (κ1) is 35.1. The Labute approximate surface area is 285 Å². The van der Waals surface area contributed by atoms with Crippen LogP contribution in [0.3, 0.4) is 0 Å². The van der Waals surface area contributed by atoms with Crippen LogP contribution in [0.25, 0.3) is 0 Å². The summed E-state index contributed by atoms with van der Waals surface area (Å²) in [6.07, 6.45) is 5.01. The first-order valence-electron chi connectivity index (χ1n) is 16.6. The number of hydrogen-bond donors (Lipinski definition) is 1. The number of methoxy groups -OCH3 is 2. The highest BCUT2D eigenvalue weighted by Crippen LogP contribution is 2.34. The number of rotatable bonds is 17. The number of aryl methyl sites for hydroxylation is 2. The van der Waals surface area contributed by atoms with Gasteiger partial charge in [-0.15, -0.1) is 0 Å². The van der Waals surface area contributed by atoms with Crippen LogP contribution in [-0.4, -0.2) is 57.6 Å². The first-order valence-corrected chi connectivity index (χ1v) is 18.1. The van der Waals surface area contributed by atoms with Gasteiger partial charge in [0.15, 0.2) is 11.5 Å². The molecule has 0 radical (unpaired) electrons.